The maximum absolute atomic E-state index is 10.7. The summed E-state index contributed by atoms with van der Waals surface area (Å²) in [4.78, 5) is 13.6. The molecule has 6 heteroatoms. The number of thiophene rings is 1. The standard InChI is InChI=1S/C14H16N2O3S/c1-15(7-6-13-3-2-8-20-13)14-5-4-12(16(18)19)9-11(14)10-17/h2-5,8-9,17H,6-7,10H2,1H3. The molecule has 0 aliphatic heterocycles. The molecule has 2 aromatic rings. The van der Waals surface area contributed by atoms with Gasteiger partial charge in [-0.1, -0.05) is 6.07 Å². The molecule has 106 valence electrons. The predicted molar refractivity (Wildman–Crippen MR) is 80.3 cm³/mol. The zero-order valence-electron chi connectivity index (χ0n) is 11.2. The van der Waals surface area contributed by atoms with Gasteiger partial charge in [0.25, 0.3) is 5.69 Å². The predicted octanol–water partition coefficient (Wildman–Crippen LogP) is 2.83. The molecule has 0 saturated heterocycles. The van der Waals surface area contributed by atoms with E-state index in [2.05, 4.69) is 6.07 Å². The highest BCUT2D eigenvalue weighted by Gasteiger charge is 2.13. The number of non-ortho nitro benzene ring substituents is 1. The molecule has 2 rings (SSSR count). The minimum Gasteiger partial charge on any atom is -0.392 e. The number of rotatable bonds is 6. The first kappa shape index (κ1) is 14.5. The van der Waals surface area contributed by atoms with Crippen molar-refractivity contribution in [3.05, 3.63) is 56.3 Å². The van der Waals surface area contributed by atoms with Gasteiger partial charge in [-0.15, -0.1) is 11.3 Å². The van der Waals surface area contributed by atoms with Crippen LogP contribution in [-0.2, 0) is 13.0 Å². The minimum absolute atomic E-state index is 0.00413. The van der Waals surface area contributed by atoms with E-state index in [-0.39, 0.29) is 12.3 Å². The molecular weight excluding hydrogens is 276 g/mol. The molecule has 0 radical (unpaired) electrons. The van der Waals surface area contributed by atoms with Crippen molar-refractivity contribution < 1.29 is 10.0 Å². The van der Waals surface area contributed by atoms with Crippen molar-refractivity contribution in [2.24, 2.45) is 0 Å². The molecule has 0 aliphatic carbocycles. The lowest BCUT2D eigenvalue weighted by atomic mass is 10.1. The molecule has 0 bridgehead atoms. The summed E-state index contributed by atoms with van der Waals surface area (Å²) in [6, 6.07) is 8.69. The van der Waals surface area contributed by atoms with Crippen molar-refractivity contribution in [2.45, 2.75) is 13.0 Å². The van der Waals surface area contributed by atoms with Gasteiger partial charge < -0.3 is 10.0 Å². The van der Waals surface area contributed by atoms with E-state index in [0.717, 1.165) is 18.7 Å². The number of nitrogens with zero attached hydrogens (tertiary/aromatic N) is 2. The Labute approximate surface area is 121 Å². The topological polar surface area (TPSA) is 66.6 Å². The number of anilines is 1. The van der Waals surface area contributed by atoms with Crippen LogP contribution in [0.4, 0.5) is 11.4 Å². The Bertz CT molecular complexity index is 584. The molecule has 0 saturated carbocycles. The molecule has 0 amide bonds. The third-order valence-corrected chi connectivity index (χ3v) is 4.07. The van der Waals surface area contributed by atoms with E-state index < -0.39 is 4.92 Å². The molecule has 1 aromatic carbocycles. The van der Waals surface area contributed by atoms with Crippen LogP contribution < -0.4 is 4.90 Å². The van der Waals surface area contributed by atoms with E-state index in [9.17, 15) is 15.2 Å². The molecule has 0 unspecified atom stereocenters. The van der Waals surface area contributed by atoms with Gasteiger partial charge in [0.05, 0.1) is 11.5 Å². The quantitative estimate of drug-likeness (QED) is 0.656. The summed E-state index contributed by atoms with van der Waals surface area (Å²) in [6.45, 7) is 0.589. The smallest absolute Gasteiger partial charge is 0.269 e. The molecular formula is C14H16N2O3S. The molecule has 5 nitrogen and oxygen atoms in total. The van der Waals surface area contributed by atoms with Crippen molar-refractivity contribution in [3.8, 4) is 0 Å². The average molecular weight is 292 g/mol. The molecule has 20 heavy (non-hydrogen) atoms. The molecule has 0 fully saturated rings. The van der Waals surface area contributed by atoms with E-state index in [1.165, 1.54) is 17.0 Å². The van der Waals surface area contributed by atoms with Crippen LogP contribution in [0.5, 0.6) is 0 Å². The highest BCUT2D eigenvalue weighted by Crippen LogP contribution is 2.25. The van der Waals surface area contributed by atoms with Gasteiger partial charge in [0.1, 0.15) is 0 Å². The van der Waals surface area contributed by atoms with Gasteiger partial charge in [-0.3, -0.25) is 10.1 Å². The second-order valence-corrected chi connectivity index (χ2v) is 5.51. The van der Waals surface area contributed by atoms with Gasteiger partial charge in [-0.2, -0.15) is 0 Å². The SMILES string of the molecule is CN(CCc1cccs1)c1ccc([N+](=O)[O-])cc1CO. The highest BCUT2D eigenvalue weighted by molar-refractivity contribution is 7.09. The van der Waals surface area contributed by atoms with Gasteiger partial charge in [-0.25, -0.2) is 0 Å². The molecule has 0 aliphatic rings. The summed E-state index contributed by atoms with van der Waals surface area (Å²) in [5, 5.41) is 22.2. The fraction of sp³-hybridized carbons (Fsp3) is 0.286. The number of nitro groups is 1. The van der Waals surface area contributed by atoms with E-state index >= 15 is 0 Å². The van der Waals surface area contributed by atoms with Crippen molar-refractivity contribution >= 4 is 22.7 Å². The monoisotopic (exact) mass is 292 g/mol. The molecule has 1 aromatic heterocycles. The summed E-state index contributed by atoms with van der Waals surface area (Å²) in [7, 11) is 1.92. The normalized spacial score (nSPS) is 10.5. The zero-order valence-corrected chi connectivity index (χ0v) is 12.0. The molecule has 1 N–H and O–H groups in total. The molecule has 0 spiro atoms. The second kappa shape index (κ2) is 6.49. The van der Waals surface area contributed by atoms with Crippen molar-refractivity contribution in [2.75, 3.05) is 18.5 Å². The highest BCUT2D eigenvalue weighted by atomic mass is 32.1. The molecule has 0 atom stereocenters. The fourth-order valence-electron chi connectivity index (χ4n) is 2.04. The minimum atomic E-state index is -0.450. The Morgan fingerprint density at radius 2 is 2.20 bits per heavy atom. The summed E-state index contributed by atoms with van der Waals surface area (Å²) < 4.78 is 0. The Kier molecular flexibility index (Phi) is 4.70. The van der Waals surface area contributed by atoms with Gasteiger partial charge in [0.15, 0.2) is 0 Å². The maximum atomic E-state index is 10.7. The third kappa shape index (κ3) is 3.34. The summed E-state index contributed by atoms with van der Waals surface area (Å²) in [5.74, 6) is 0. The number of aliphatic hydroxyl groups is 1. The summed E-state index contributed by atoms with van der Waals surface area (Å²) in [5.41, 5.74) is 1.41. The number of benzene rings is 1. The average Bonchev–Trinajstić information content (AvgIpc) is 2.97. The molecule has 1 heterocycles. The van der Waals surface area contributed by atoms with Crippen molar-refractivity contribution in [1.29, 1.82) is 0 Å². The van der Waals surface area contributed by atoms with Crippen LogP contribution in [0.3, 0.4) is 0 Å². The lowest BCUT2D eigenvalue weighted by Crippen LogP contribution is -2.21. The third-order valence-electron chi connectivity index (χ3n) is 3.13. The summed E-state index contributed by atoms with van der Waals surface area (Å²) in [6.07, 6.45) is 0.913. The van der Waals surface area contributed by atoms with E-state index in [4.69, 9.17) is 0 Å². The lowest BCUT2D eigenvalue weighted by Gasteiger charge is -2.21. The first-order valence-corrected chi connectivity index (χ1v) is 7.11. The number of likely N-dealkylation sites (N-methyl/N-ethyl adjacent to an activating group) is 1. The first-order chi connectivity index (χ1) is 9.61. The number of aliphatic hydroxyl groups excluding tert-OH is 1. The fourth-order valence-corrected chi connectivity index (χ4v) is 2.74. The Morgan fingerprint density at radius 3 is 2.80 bits per heavy atom. The van der Waals surface area contributed by atoms with Crippen LogP contribution >= 0.6 is 11.3 Å². The zero-order chi connectivity index (χ0) is 14.5. The van der Waals surface area contributed by atoms with Crippen LogP contribution in [0.25, 0.3) is 0 Å². The van der Waals surface area contributed by atoms with Gasteiger partial charge in [-0.05, 0) is 23.9 Å². The Morgan fingerprint density at radius 1 is 1.40 bits per heavy atom. The van der Waals surface area contributed by atoms with Crippen LogP contribution in [-0.4, -0.2) is 23.6 Å². The Balaban J connectivity index is 2.12. The van der Waals surface area contributed by atoms with Crippen LogP contribution in [0, 0.1) is 10.1 Å². The van der Waals surface area contributed by atoms with E-state index in [0.29, 0.717) is 5.56 Å². The summed E-state index contributed by atoms with van der Waals surface area (Å²) >= 11 is 1.71. The van der Waals surface area contributed by atoms with Gasteiger partial charge >= 0.3 is 0 Å². The largest absolute Gasteiger partial charge is 0.392 e. The Hall–Kier alpha value is -1.92. The number of hydrogen-bond donors (Lipinski definition) is 1. The van der Waals surface area contributed by atoms with Crippen LogP contribution in [0.15, 0.2) is 35.7 Å². The van der Waals surface area contributed by atoms with E-state index in [1.807, 2.05) is 23.4 Å². The number of nitro benzene ring substituents is 1. The van der Waals surface area contributed by atoms with Gasteiger partial charge in [0.2, 0.25) is 0 Å². The number of hydrogen-bond acceptors (Lipinski definition) is 5. The van der Waals surface area contributed by atoms with Crippen LogP contribution in [0.1, 0.15) is 10.4 Å². The lowest BCUT2D eigenvalue weighted by molar-refractivity contribution is -0.384. The van der Waals surface area contributed by atoms with Crippen molar-refractivity contribution in [3.63, 3.8) is 0 Å². The first-order valence-electron chi connectivity index (χ1n) is 6.23. The van der Waals surface area contributed by atoms with Gasteiger partial charge in [0, 0.05) is 41.9 Å². The van der Waals surface area contributed by atoms with Crippen molar-refractivity contribution in [1.82, 2.24) is 0 Å². The maximum Gasteiger partial charge on any atom is 0.269 e. The van der Waals surface area contributed by atoms with Crippen LogP contribution in [0.2, 0.25) is 0 Å². The second-order valence-electron chi connectivity index (χ2n) is 4.48. The van der Waals surface area contributed by atoms with E-state index in [1.54, 1.807) is 17.4 Å².